The van der Waals surface area contributed by atoms with E-state index in [-0.39, 0.29) is 19.0 Å². The van der Waals surface area contributed by atoms with Crippen LogP contribution in [0.5, 0.6) is 0 Å². The molecular formula is C19H26ClN5O3. The van der Waals surface area contributed by atoms with E-state index in [9.17, 15) is 14.9 Å². The van der Waals surface area contributed by atoms with Crippen molar-refractivity contribution in [1.29, 1.82) is 5.26 Å². The Balaban J connectivity index is 2.36. The van der Waals surface area contributed by atoms with E-state index in [1.54, 1.807) is 40.9 Å². The van der Waals surface area contributed by atoms with Crippen LogP contribution in [-0.4, -0.2) is 67.2 Å². The molecule has 1 aromatic carbocycles. The minimum Gasteiger partial charge on any atom is -0.444 e. The van der Waals surface area contributed by atoms with Crippen LogP contribution in [-0.2, 0) is 9.53 Å². The van der Waals surface area contributed by atoms with Crippen molar-refractivity contribution in [2.24, 2.45) is 0 Å². The number of rotatable bonds is 2. The van der Waals surface area contributed by atoms with Gasteiger partial charge in [0, 0.05) is 33.7 Å². The number of nitrogen functional groups attached to an aromatic ring is 1. The number of amides is 2. The smallest absolute Gasteiger partial charge is 0.411 e. The fourth-order valence-corrected chi connectivity index (χ4v) is 3.20. The molecule has 0 bridgehead atoms. The number of anilines is 2. The van der Waals surface area contributed by atoms with Gasteiger partial charge >= 0.3 is 6.09 Å². The molecule has 1 aliphatic heterocycles. The maximum absolute atomic E-state index is 12.8. The Bertz CT molecular complexity index is 813. The van der Waals surface area contributed by atoms with Crippen molar-refractivity contribution < 1.29 is 14.3 Å². The average Bonchev–Trinajstić information content (AvgIpc) is 2.61. The van der Waals surface area contributed by atoms with Gasteiger partial charge in [-0.05, 0) is 32.9 Å². The summed E-state index contributed by atoms with van der Waals surface area (Å²) in [7, 11) is 3.27. The van der Waals surface area contributed by atoms with E-state index in [2.05, 4.69) is 6.07 Å². The summed E-state index contributed by atoms with van der Waals surface area (Å²) in [4.78, 5) is 30.2. The highest BCUT2D eigenvalue weighted by molar-refractivity contribution is 6.35. The van der Waals surface area contributed by atoms with E-state index in [1.807, 2.05) is 4.90 Å². The Kier molecular flexibility index (Phi) is 6.30. The standard InChI is InChI=1S/C19H26ClN5O3/c1-19(2,3)28-18(27)25-7-6-24(11-15(25)17(26)23(4)5)14-9-12(10-21)8-13(22)16(14)20/h8-9,15H,6-7,11,22H2,1-5H3. The third-order valence-electron chi connectivity index (χ3n) is 4.29. The van der Waals surface area contributed by atoms with Gasteiger partial charge in [0.05, 0.1) is 28.0 Å². The fraction of sp³-hybridized carbons (Fsp3) is 0.526. The molecule has 2 rings (SSSR count). The molecule has 0 saturated carbocycles. The molecule has 0 aliphatic carbocycles. The lowest BCUT2D eigenvalue weighted by molar-refractivity contribution is -0.134. The summed E-state index contributed by atoms with van der Waals surface area (Å²) in [6.07, 6.45) is -0.538. The number of piperazine rings is 1. The van der Waals surface area contributed by atoms with E-state index in [4.69, 9.17) is 22.1 Å². The number of carbonyl (C=O) groups excluding carboxylic acids is 2. The van der Waals surface area contributed by atoms with E-state index >= 15 is 0 Å². The van der Waals surface area contributed by atoms with E-state index in [0.29, 0.717) is 28.5 Å². The molecule has 28 heavy (non-hydrogen) atoms. The van der Waals surface area contributed by atoms with Crippen molar-refractivity contribution in [3.8, 4) is 6.07 Å². The number of nitrogens with two attached hydrogens (primary N) is 1. The first-order valence-corrected chi connectivity index (χ1v) is 9.27. The second-order valence-electron chi connectivity index (χ2n) is 7.88. The van der Waals surface area contributed by atoms with E-state index in [1.165, 1.54) is 15.9 Å². The summed E-state index contributed by atoms with van der Waals surface area (Å²) >= 11 is 6.35. The van der Waals surface area contributed by atoms with Crippen LogP contribution in [0.3, 0.4) is 0 Å². The van der Waals surface area contributed by atoms with Crippen LogP contribution >= 0.6 is 11.6 Å². The number of hydrogen-bond donors (Lipinski definition) is 1. The lowest BCUT2D eigenvalue weighted by atomic mass is 10.1. The van der Waals surface area contributed by atoms with Crippen LogP contribution in [0.25, 0.3) is 0 Å². The zero-order chi connectivity index (χ0) is 21.2. The normalized spacial score (nSPS) is 17.1. The summed E-state index contributed by atoms with van der Waals surface area (Å²) in [5, 5.41) is 9.53. The first-order valence-electron chi connectivity index (χ1n) is 8.89. The third kappa shape index (κ3) is 4.78. The topological polar surface area (TPSA) is 103 Å². The van der Waals surface area contributed by atoms with Gasteiger partial charge in [0.1, 0.15) is 11.6 Å². The Morgan fingerprint density at radius 1 is 1.32 bits per heavy atom. The Hall–Kier alpha value is -2.66. The van der Waals surface area contributed by atoms with Crippen LogP contribution in [0, 0.1) is 11.3 Å². The molecule has 152 valence electrons. The second kappa shape index (κ2) is 8.15. The molecule has 2 amide bonds. The Morgan fingerprint density at radius 2 is 1.96 bits per heavy atom. The van der Waals surface area contributed by atoms with Gasteiger partial charge < -0.3 is 20.3 Å². The van der Waals surface area contributed by atoms with Crippen LogP contribution in [0.15, 0.2) is 12.1 Å². The van der Waals surface area contributed by atoms with E-state index in [0.717, 1.165) is 0 Å². The zero-order valence-electron chi connectivity index (χ0n) is 16.8. The number of halogens is 1. The predicted molar refractivity (Wildman–Crippen MR) is 108 cm³/mol. The number of ether oxygens (including phenoxy) is 1. The molecule has 1 unspecified atom stereocenters. The predicted octanol–water partition coefficient (Wildman–Crippen LogP) is 2.31. The summed E-state index contributed by atoms with van der Waals surface area (Å²) < 4.78 is 5.47. The molecule has 1 aliphatic rings. The van der Waals surface area contributed by atoms with Gasteiger partial charge in [-0.15, -0.1) is 0 Å². The number of benzene rings is 1. The van der Waals surface area contributed by atoms with Crippen molar-refractivity contribution in [2.45, 2.75) is 32.4 Å². The molecule has 1 heterocycles. The minimum absolute atomic E-state index is 0.213. The molecule has 0 radical (unpaired) electrons. The number of carbonyl (C=O) groups is 2. The molecule has 2 N–H and O–H groups in total. The van der Waals surface area contributed by atoms with Gasteiger partial charge in [0.15, 0.2) is 0 Å². The molecule has 0 spiro atoms. The monoisotopic (exact) mass is 407 g/mol. The molecule has 1 aromatic rings. The number of nitrogens with zero attached hydrogens (tertiary/aromatic N) is 4. The van der Waals surface area contributed by atoms with Crippen LogP contribution in [0.2, 0.25) is 5.02 Å². The zero-order valence-corrected chi connectivity index (χ0v) is 17.6. The van der Waals surface area contributed by atoms with Gasteiger partial charge in [0.25, 0.3) is 0 Å². The molecular weight excluding hydrogens is 382 g/mol. The Labute approximate surface area is 170 Å². The number of likely N-dealkylation sites (N-methyl/N-ethyl adjacent to an activating group) is 1. The lowest BCUT2D eigenvalue weighted by Gasteiger charge is -2.42. The van der Waals surface area contributed by atoms with Gasteiger partial charge in [-0.3, -0.25) is 9.69 Å². The molecule has 9 heteroatoms. The van der Waals surface area contributed by atoms with Gasteiger partial charge in [0.2, 0.25) is 5.91 Å². The van der Waals surface area contributed by atoms with Gasteiger partial charge in [-0.25, -0.2) is 4.79 Å². The first-order chi connectivity index (χ1) is 12.9. The highest BCUT2D eigenvalue weighted by Gasteiger charge is 2.39. The Morgan fingerprint density at radius 3 is 2.50 bits per heavy atom. The average molecular weight is 408 g/mol. The maximum atomic E-state index is 12.8. The molecule has 0 aromatic heterocycles. The van der Waals surface area contributed by atoms with Crippen molar-refractivity contribution in [2.75, 3.05) is 44.4 Å². The highest BCUT2D eigenvalue weighted by atomic mass is 35.5. The maximum Gasteiger partial charge on any atom is 0.411 e. The summed E-state index contributed by atoms with van der Waals surface area (Å²) in [6.45, 7) is 6.24. The highest BCUT2D eigenvalue weighted by Crippen LogP contribution is 2.34. The SMILES string of the molecule is CN(C)C(=O)C1CN(c2cc(C#N)cc(N)c2Cl)CCN1C(=O)OC(C)(C)C. The minimum atomic E-state index is -0.748. The summed E-state index contributed by atoms with van der Waals surface area (Å²) in [6, 6.07) is 4.45. The van der Waals surface area contributed by atoms with Gasteiger partial charge in [-0.1, -0.05) is 11.6 Å². The van der Waals surface area contributed by atoms with Crippen LogP contribution < -0.4 is 10.6 Å². The quantitative estimate of drug-likeness (QED) is 0.754. The lowest BCUT2D eigenvalue weighted by Crippen LogP contribution is -2.61. The van der Waals surface area contributed by atoms with Crippen LogP contribution in [0.4, 0.5) is 16.2 Å². The molecule has 1 atom stereocenters. The van der Waals surface area contributed by atoms with Gasteiger partial charge in [-0.2, -0.15) is 5.26 Å². The van der Waals surface area contributed by atoms with Crippen molar-refractivity contribution in [1.82, 2.24) is 9.80 Å². The summed E-state index contributed by atoms with van der Waals surface area (Å²) in [5.41, 5.74) is 6.49. The van der Waals surface area contributed by atoms with Crippen molar-refractivity contribution in [3.05, 3.63) is 22.7 Å². The molecule has 8 nitrogen and oxygen atoms in total. The number of nitriles is 1. The number of hydrogen-bond acceptors (Lipinski definition) is 6. The van der Waals surface area contributed by atoms with E-state index < -0.39 is 17.7 Å². The summed E-state index contributed by atoms with van der Waals surface area (Å²) in [5.74, 6) is -0.226. The second-order valence-corrected chi connectivity index (χ2v) is 8.26. The van der Waals surface area contributed by atoms with Crippen molar-refractivity contribution >= 4 is 35.0 Å². The first kappa shape index (κ1) is 21.6. The largest absolute Gasteiger partial charge is 0.444 e. The third-order valence-corrected chi connectivity index (χ3v) is 4.70. The molecule has 1 fully saturated rings. The van der Waals surface area contributed by atoms with Crippen molar-refractivity contribution in [3.63, 3.8) is 0 Å². The fourth-order valence-electron chi connectivity index (χ4n) is 2.98. The molecule has 1 saturated heterocycles. The van der Waals surface area contributed by atoms with Crippen LogP contribution in [0.1, 0.15) is 26.3 Å².